The average Bonchev–Trinajstić information content (AvgIpc) is 2.41. The number of carbonyl (C=O) groups excluding carboxylic acids is 3. The lowest BCUT2D eigenvalue weighted by Crippen LogP contribution is -2.66. The third kappa shape index (κ3) is 3.95. The van der Waals surface area contributed by atoms with Gasteiger partial charge in [-0.15, -0.1) is 0 Å². The predicted molar refractivity (Wildman–Crippen MR) is 81.9 cm³/mol. The minimum Gasteiger partial charge on any atom is -0.343 e. The zero-order valence-corrected chi connectivity index (χ0v) is 15.1. The van der Waals surface area contributed by atoms with E-state index in [9.17, 15) is 23.5 Å². The molecule has 1 saturated heterocycles. The van der Waals surface area contributed by atoms with Gasteiger partial charge < -0.3 is 5.32 Å². The molecule has 1 aliphatic heterocycles. The number of β-lactam (4-membered cyclic amide) rings is 1. The molecule has 0 radical (unpaired) electrons. The number of urea groups is 1. The van der Waals surface area contributed by atoms with E-state index in [2.05, 4.69) is 5.32 Å². The van der Waals surface area contributed by atoms with E-state index >= 15 is 0 Å². The van der Waals surface area contributed by atoms with Crippen molar-refractivity contribution in [2.75, 3.05) is 34.7 Å². The van der Waals surface area contributed by atoms with Crippen molar-refractivity contribution >= 4 is 34.1 Å². The van der Waals surface area contributed by atoms with Crippen LogP contribution >= 0.6 is 16.2 Å². The average molecular weight is 353 g/mol. The van der Waals surface area contributed by atoms with Crippen LogP contribution in [0.1, 0.15) is 6.92 Å². The normalized spacial score (nSPS) is 20.6. The first kappa shape index (κ1) is 18.8. The maximum Gasteiger partial charge on any atom is 0.339 e. The SMILES string of the molecule is CC(=O)N[C@H]1CN(C(=O)N([PH](=O)N(C)C)[PH](=O)N(C)C)C1=O. The van der Waals surface area contributed by atoms with Crippen molar-refractivity contribution < 1.29 is 23.5 Å². The molecule has 126 valence electrons. The van der Waals surface area contributed by atoms with Crippen LogP contribution in [0.4, 0.5) is 4.79 Å². The van der Waals surface area contributed by atoms with Gasteiger partial charge in [0.25, 0.3) is 5.91 Å². The Labute approximate surface area is 130 Å². The molecule has 0 aromatic carbocycles. The van der Waals surface area contributed by atoms with Gasteiger partial charge in [0.2, 0.25) is 22.1 Å². The van der Waals surface area contributed by atoms with Crippen molar-refractivity contribution in [3.63, 3.8) is 0 Å². The molecule has 0 aromatic heterocycles. The second-order valence-electron chi connectivity index (χ2n) is 5.17. The van der Waals surface area contributed by atoms with Crippen LogP contribution in [0, 0.1) is 0 Å². The number of nitrogens with zero attached hydrogens (tertiary/aromatic N) is 4. The zero-order valence-electron chi connectivity index (χ0n) is 13.1. The highest BCUT2D eigenvalue weighted by atomic mass is 31.2. The van der Waals surface area contributed by atoms with Gasteiger partial charge in [-0.3, -0.25) is 23.6 Å². The van der Waals surface area contributed by atoms with E-state index in [0.29, 0.717) is 0 Å². The maximum absolute atomic E-state index is 12.4. The van der Waals surface area contributed by atoms with Crippen LogP contribution in [0.15, 0.2) is 0 Å². The lowest BCUT2D eigenvalue weighted by atomic mass is 10.1. The van der Waals surface area contributed by atoms with E-state index in [1.807, 2.05) is 0 Å². The molecule has 4 amide bonds. The Bertz CT molecular complexity index is 518. The Morgan fingerprint density at radius 2 is 1.59 bits per heavy atom. The van der Waals surface area contributed by atoms with Crippen LogP contribution in [-0.2, 0) is 18.7 Å². The molecule has 1 fully saturated rings. The zero-order chi connectivity index (χ0) is 17.2. The number of hydrogen-bond donors (Lipinski definition) is 1. The molecule has 1 aliphatic rings. The molecule has 0 bridgehead atoms. The van der Waals surface area contributed by atoms with Crippen LogP contribution < -0.4 is 5.32 Å². The highest BCUT2D eigenvalue weighted by Crippen LogP contribution is 2.46. The fourth-order valence-electron chi connectivity index (χ4n) is 1.72. The van der Waals surface area contributed by atoms with Crippen molar-refractivity contribution in [2.45, 2.75) is 13.0 Å². The number of amides is 4. The van der Waals surface area contributed by atoms with Gasteiger partial charge in [-0.05, 0) is 28.2 Å². The van der Waals surface area contributed by atoms with Crippen LogP contribution in [-0.4, -0.2) is 77.3 Å². The molecule has 10 nitrogen and oxygen atoms in total. The lowest BCUT2D eigenvalue weighted by Gasteiger charge is -2.40. The Morgan fingerprint density at radius 3 is 1.91 bits per heavy atom. The standard InChI is InChI=1S/C10H21N5O5P2/c1-7(16)11-8-6-14(9(8)17)10(18)15(21(19)12(2)3)22(20)13(4)5/h8,21-22H,6H2,1-5H3,(H,11,16)/t8-/m0/s1. The van der Waals surface area contributed by atoms with Crippen molar-refractivity contribution in [2.24, 2.45) is 0 Å². The van der Waals surface area contributed by atoms with Gasteiger partial charge in [-0.1, -0.05) is 0 Å². The molecule has 0 aliphatic carbocycles. The molecule has 2 unspecified atom stereocenters. The molecule has 1 N–H and O–H groups in total. The predicted octanol–water partition coefficient (Wildman–Crippen LogP) is -0.342. The lowest BCUT2D eigenvalue weighted by molar-refractivity contribution is -0.142. The first-order valence-corrected chi connectivity index (χ1v) is 9.03. The Kier molecular flexibility index (Phi) is 6.31. The number of likely N-dealkylation sites (tertiary alicyclic amines) is 1. The summed E-state index contributed by atoms with van der Waals surface area (Å²) in [5.74, 6) is -0.988. The maximum atomic E-state index is 12.4. The van der Waals surface area contributed by atoms with E-state index in [4.69, 9.17) is 0 Å². The number of nitrogens with one attached hydrogen (secondary N) is 1. The van der Waals surface area contributed by atoms with Gasteiger partial charge in [-0.2, -0.15) is 0 Å². The Morgan fingerprint density at radius 1 is 1.14 bits per heavy atom. The molecule has 0 spiro atoms. The van der Waals surface area contributed by atoms with Gasteiger partial charge in [0.15, 0.2) is 0 Å². The first-order chi connectivity index (χ1) is 10.1. The van der Waals surface area contributed by atoms with Crippen LogP contribution in [0.2, 0.25) is 0 Å². The quantitative estimate of drug-likeness (QED) is 0.532. The topological polar surface area (TPSA) is 110 Å². The fourth-order valence-corrected chi connectivity index (χ4v) is 4.94. The second-order valence-corrected chi connectivity index (χ2v) is 9.43. The van der Waals surface area contributed by atoms with Gasteiger partial charge >= 0.3 is 6.03 Å². The van der Waals surface area contributed by atoms with Crippen molar-refractivity contribution in [1.82, 2.24) is 24.0 Å². The molecular weight excluding hydrogens is 332 g/mol. The van der Waals surface area contributed by atoms with E-state index in [0.717, 1.165) is 9.34 Å². The summed E-state index contributed by atoms with van der Waals surface area (Å²) in [5.41, 5.74) is 0. The van der Waals surface area contributed by atoms with E-state index < -0.39 is 34.2 Å². The largest absolute Gasteiger partial charge is 0.343 e. The smallest absolute Gasteiger partial charge is 0.339 e. The van der Waals surface area contributed by atoms with E-state index in [1.54, 1.807) is 0 Å². The molecule has 1 rings (SSSR count). The van der Waals surface area contributed by atoms with E-state index in [1.165, 1.54) is 44.5 Å². The summed E-state index contributed by atoms with van der Waals surface area (Å²) in [6.07, 6.45) is 0. The summed E-state index contributed by atoms with van der Waals surface area (Å²) in [5, 5.41) is 2.40. The number of hydrogen-bond acceptors (Lipinski definition) is 5. The van der Waals surface area contributed by atoms with E-state index in [-0.39, 0.29) is 12.5 Å². The first-order valence-electron chi connectivity index (χ1n) is 6.43. The molecule has 3 atom stereocenters. The monoisotopic (exact) mass is 353 g/mol. The minimum atomic E-state index is -2.79. The number of imide groups is 1. The fraction of sp³-hybridized carbons (Fsp3) is 0.700. The van der Waals surface area contributed by atoms with Gasteiger partial charge in [-0.25, -0.2) is 18.6 Å². The van der Waals surface area contributed by atoms with Crippen molar-refractivity contribution in [1.29, 1.82) is 0 Å². The third-order valence-corrected chi connectivity index (χ3v) is 6.70. The van der Waals surface area contributed by atoms with Crippen molar-refractivity contribution in [3.05, 3.63) is 0 Å². The number of rotatable bonds is 5. The second kappa shape index (κ2) is 7.37. The summed E-state index contributed by atoms with van der Waals surface area (Å²) in [6, 6.07) is -1.64. The van der Waals surface area contributed by atoms with Gasteiger partial charge in [0.05, 0.1) is 6.54 Å². The van der Waals surface area contributed by atoms with Crippen LogP contribution in [0.5, 0.6) is 0 Å². The molecular formula is C10H21N5O5P2. The van der Waals surface area contributed by atoms with Gasteiger partial charge in [0, 0.05) is 6.92 Å². The molecule has 0 saturated carbocycles. The van der Waals surface area contributed by atoms with Crippen LogP contribution in [0.3, 0.4) is 0 Å². The molecule has 0 aromatic rings. The highest BCUT2D eigenvalue weighted by molar-refractivity contribution is 7.56. The molecule has 12 heteroatoms. The minimum absolute atomic E-state index is 0.0289. The molecule has 1 heterocycles. The number of carbonyl (C=O) groups is 3. The van der Waals surface area contributed by atoms with Gasteiger partial charge in [0.1, 0.15) is 6.04 Å². The Balaban J connectivity index is 2.91. The summed E-state index contributed by atoms with van der Waals surface area (Å²) in [4.78, 5) is 36.0. The van der Waals surface area contributed by atoms with Crippen molar-refractivity contribution in [3.8, 4) is 0 Å². The summed E-state index contributed by atoms with van der Waals surface area (Å²) in [6.45, 7) is 1.23. The van der Waals surface area contributed by atoms with Crippen LogP contribution in [0.25, 0.3) is 0 Å². The Hall–Kier alpha value is -1.21. The summed E-state index contributed by atoms with van der Waals surface area (Å²) in [7, 11) is 0.373. The highest BCUT2D eigenvalue weighted by Gasteiger charge is 2.45. The summed E-state index contributed by atoms with van der Waals surface area (Å²) < 4.78 is 27.8. The summed E-state index contributed by atoms with van der Waals surface area (Å²) >= 11 is 0. The third-order valence-electron chi connectivity index (χ3n) is 2.88. The molecule has 22 heavy (non-hydrogen) atoms.